The van der Waals surface area contributed by atoms with Gasteiger partial charge in [-0.3, -0.25) is 0 Å². The van der Waals surface area contributed by atoms with E-state index in [1.807, 2.05) is 6.08 Å². The first-order valence-electron chi connectivity index (χ1n) is 3.78. The lowest BCUT2D eigenvalue weighted by Gasteiger charge is -2.04. The van der Waals surface area contributed by atoms with E-state index >= 15 is 0 Å². The second kappa shape index (κ2) is 3.99. The number of halogens is 1. The summed E-state index contributed by atoms with van der Waals surface area (Å²) in [5, 5.41) is 9.34. The van der Waals surface area contributed by atoms with Gasteiger partial charge in [0, 0.05) is 5.54 Å². The molecule has 1 unspecified atom stereocenters. The molecule has 1 aliphatic rings. The maximum absolute atomic E-state index is 9.34. The van der Waals surface area contributed by atoms with Crippen molar-refractivity contribution < 1.29 is 5.11 Å². The zero-order chi connectivity index (χ0) is 7.40. The monoisotopic (exact) mass is 160 g/mol. The van der Waals surface area contributed by atoms with Crippen LogP contribution in [0.4, 0.5) is 0 Å². The quantitative estimate of drug-likeness (QED) is 0.669. The van der Waals surface area contributed by atoms with Gasteiger partial charge in [0.2, 0.25) is 0 Å². The second-order valence-corrected chi connectivity index (χ2v) is 3.10. The topological polar surface area (TPSA) is 20.2 Å². The summed E-state index contributed by atoms with van der Waals surface area (Å²) in [7, 11) is 0. The van der Waals surface area contributed by atoms with Gasteiger partial charge in [-0.1, -0.05) is 17.7 Å². The molecule has 0 spiro atoms. The lowest BCUT2D eigenvalue weighted by Crippen LogP contribution is -2.07. The Kier molecular flexibility index (Phi) is 3.23. The number of hydrogen-bond acceptors (Lipinski definition) is 1. The molecular weight excluding hydrogens is 148 g/mol. The molecule has 58 valence electrons. The zero-order valence-corrected chi connectivity index (χ0v) is 6.72. The number of rotatable bonds is 4. The third-order valence-corrected chi connectivity index (χ3v) is 2.06. The Balaban J connectivity index is 2.00. The fourth-order valence-corrected chi connectivity index (χ4v) is 1.17. The molecule has 2 heteroatoms. The zero-order valence-electron chi connectivity index (χ0n) is 5.96. The first-order valence-corrected chi connectivity index (χ1v) is 4.21. The van der Waals surface area contributed by atoms with Gasteiger partial charge in [-0.05, 0) is 31.6 Å². The average Bonchev–Trinajstić information content (AvgIpc) is 2.69. The van der Waals surface area contributed by atoms with Crippen LogP contribution in [0.3, 0.4) is 0 Å². The van der Waals surface area contributed by atoms with E-state index in [2.05, 4.69) is 0 Å². The molecule has 1 rings (SSSR count). The Morgan fingerprint density at radius 2 is 2.30 bits per heavy atom. The Bertz CT molecular complexity index is 118. The fraction of sp³-hybridized carbons (Fsp3) is 0.750. The molecule has 1 fully saturated rings. The molecule has 0 amide bonds. The van der Waals surface area contributed by atoms with E-state index in [4.69, 9.17) is 11.6 Å². The largest absolute Gasteiger partial charge is 0.393 e. The van der Waals surface area contributed by atoms with E-state index < -0.39 is 0 Å². The van der Waals surface area contributed by atoms with Gasteiger partial charge in [0.15, 0.2) is 0 Å². The van der Waals surface area contributed by atoms with Crippen LogP contribution in [0.25, 0.3) is 0 Å². The van der Waals surface area contributed by atoms with E-state index in [1.54, 1.807) is 0 Å². The Labute approximate surface area is 66.7 Å². The predicted molar refractivity (Wildman–Crippen MR) is 43.0 cm³/mol. The third kappa shape index (κ3) is 2.72. The molecule has 10 heavy (non-hydrogen) atoms. The van der Waals surface area contributed by atoms with Gasteiger partial charge in [-0.25, -0.2) is 0 Å². The number of aliphatic hydroxyl groups excluding tert-OH is 1. The summed E-state index contributed by atoms with van der Waals surface area (Å²) in [6.07, 6.45) is 6.01. The van der Waals surface area contributed by atoms with Gasteiger partial charge in [0.1, 0.15) is 0 Å². The van der Waals surface area contributed by atoms with Crippen molar-refractivity contribution in [2.75, 3.05) is 0 Å². The van der Waals surface area contributed by atoms with Gasteiger partial charge in [0.05, 0.1) is 6.10 Å². The molecule has 1 nitrogen and oxygen atoms in total. The van der Waals surface area contributed by atoms with Crippen molar-refractivity contribution in [2.45, 2.75) is 31.8 Å². The summed E-state index contributed by atoms with van der Waals surface area (Å²) in [4.78, 5) is 0. The highest BCUT2D eigenvalue weighted by Gasteiger charge is 2.28. The smallest absolute Gasteiger partial charge is 0.0571 e. The van der Waals surface area contributed by atoms with Crippen LogP contribution in [-0.2, 0) is 0 Å². The molecular formula is C8H13ClO. The minimum atomic E-state index is -0.0760. The standard InChI is InChI=1S/C8H13ClO/c9-6-2-1-3-8(10)7-4-5-7/h2,6-8,10H,1,3-5H2/b6-2+. The van der Waals surface area contributed by atoms with Crippen molar-refractivity contribution in [1.82, 2.24) is 0 Å². The van der Waals surface area contributed by atoms with Crippen LogP contribution in [-0.4, -0.2) is 11.2 Å². The summed E-state index contributed by atoms with van der Waals surface area (Å²) >= 11 is 5.32. The fourth-order valence-electron chi connectivity index (χ4n) is 1.05. The maximum atomic E-state index is 9.34. The summed E-state index contributed by atoms with van der Waals surface area (Å²) in [6, 6.07) is 0. The minimum Gasteiger partial charge on any atom is -0.393 e. The van der Waals surface area contributed by atoms with Crippen molar-refractivity contribution in [1.29, 1.82) is 0 Å². The van der Waals surface area contributed by atoms with E-state index in [1.165, 1.54) is 18.4 Å². The van der Waals surface area contributed by atoms with Gasteiger partial charge in [-0.15, -0.1) is 0 Å². The van der Waals surface area contributed by atoms with Crippen LogP contribution in [0.2, 0.25) is 0 Å². The molecule has 0 bridgehead atoms. The SMILES string of the molecule is OC(CC/C=C/Cl)C1CC1. The Morgan fingerprint density at radius 3 is 2.80 bits per heavy atom. The molecule has 0 aromatic heterocycles. The van der Waals surface area contributed by atoms with E-state index in [9.17, 15) is 5.11 Å². The molecule has 0 aromatic carbocycles. The van der Waals surface area contributed by atoms with Gasteiger partial charge >= 0.3 is 0 Å². The summed E-state index contributed by atoms with van der Waals surface area (Å²) < 4.78 is 0. The van der Waals surface area contributed by atoms with Crippen LogP contribution < -0.4 is 0 Å². The average molecular weight is 161 g/mol. The van der Waals surface area contributed by atoms with Crippen LogP contribution in [0.1, 0.15) is 25.7 Å². The highest BCUT2D eigenvalue weighted by molar-refractivity contribution is 6.25. The lowest BCUT2D eigenvalue weighted by atomic mass is 10.1. The second-order valence-electron chi connectivity index (χ2n) is 2.84. The van der Waals surface area contributed by atoms with Crippen LogP contribution in [0, 0.1) is 5.92 Å². The molecule has 0 radical (unpaired) electrons. The maximum Gasteiger partial charge on any atom is 0.0571 e. The van der Waals surface area contributed by atoms with Crippen molar-refractivity contribution >= 4 is 11.6 Å². The van der Waals surface area contributed by atoms with Gasteiger partial charge < -0.3 is 5.11 Å². The lowest BCUT2D eigenvalue weighted by molar-refractivity contribution is 0.142. The summed E-state index contributed by atoms with van der Waals surface area (Å²) in [6.45, 7) is 0. The van der Waals surface area contributed by atoms with Gasteiger partial charge in [-0.2, -0.15) is 0 Å². The van der Waals surface area contributed by atoms with Crippen LogP contribution >= 0.6 is 11.6 Å². The first-order chi connectivity index (χ1) is 4.84. The van der Waals surface area contributed by atoms with Gasteiger partial charge in [0.25, 0.3) is 0 Å². The molecule has 0 saturated heterocycles. The number of allylic oxidation sites excluding steroid dienone is 1. The third-order valence-electron chi connectivity index (χ3n) is 1.88. The Hall–Kier alpha value is -0.0100. The molecule has 1 N–H and O–H groups in total. The van der Waals surface area contributed by atoms with E-state index in [0.717, 1.165) is 12.8 Å². The minimum absolute atomic E-state index is 0.0760. The molecule has 1 aliphatic carbocycles. The summed E-state index contributed by atoms with van der Waals surface area (Å²) in [5.74, 6) is 0.601. The number of aliphatic hydroxyl groups is 1. The van der Waals surface area contributed by atoms with Crippen molar-refractivity contribution in [3.8, 4) is 0 Å². The van der Waals surface area contributed by atoms with E-state index in [0.29, 0.717) is 5.92 Å². The highest BCUT2D eigenvalue weighted by atomic mass is 35.5. The van der Waals surface area contributed by atoms with Crippen LogP contribution in [0.15, 0.2) is 11.6 Å². The van der Waals surface area contributed by atoms with Crippen molar-refractivity contribution in [3.05, 3.63) is 11.6 Å². The molecule has 1 atom stereocenters. The molecule has 0 aliphatic heterocycles. The highest BCUT2D eigenvalue weighted by Crippen LogP contribution is 2.34. The molecule has 0 aromatic rings. The predicted octanol–water partition coefficient (Wildman–Crippen LogP) is 2.29. The van der Waals surface area contributed by atoms with Crippen molar-refractivity contribution in [3.63, 3.8) is 0 Å². The first kappa shape index (κ1) is 8.09. The number of hydrogen-bond donors (Lipinski definition) is 1. The summed E-state index contributed by atoms with van der Waals surface area (Å²) in [5.41, 5.74) is 1.51. The molecule has 0 heterocycles. The van der Waals surface area contributed by atoms with E-state index in [-0.39, 0.29) is 6.10 Å². The van der Waals surface area contributed by atoms with Crippen LogP contribution in [0.5, 0.6) is 0 Å². The molecule has 1 saturated carbocycles. The van der Waals surface area contributed by atoms with Crippen molar-refractivity contribution in [2.24, 2.45) is 5.92 Å². The Morgan fingerprint density at radius 1 is 1.60 bits per heavy atom. The normalized spacial score (nSPS) is 21.8.